The third-order valence-electron chi connectivity index (χ3n) is 5.33. The van der Waals surface area contributed by atoms with Crippen molar-refractivity contribution < 1.29 is 59.0 Å². The molecule has 4 aromatic carbocycles. The van der Waals surface area contributed by atoms with Crippen molar-refractivity contribution in [1.29, 1.82) is 0 Å². The zero-order valence-electron chi connectivity index (χ0n) is 25.2. The molecule has 4 amide bonds. The van der Waals surface area contributed by atoms with Crippen molar-refractivity contribution in [2.24, 2.45) is 11.5 Å². The van der Waals surface area contributed by atoms with E-state index in [-0.39, 0.29) is 0 Å². The zero-order chi connectivity index (χ0) is 38.0. The Bertz CT molecular complexity index is 1590. The lowest BCUT2D eigenvalue weighted by Crippen LogP contribution is -2.18. The average molecular weight is 695 g/mol. The molecule has 50 heavy (non-hydrogen) atoms. The molecule has 0 aromatic heterocycles. The molecule has 0 aliphatic carbocycles. The molecule has 0 heterocycles. The Morgan fingerprint density at radius 1 is 0.480 bits per heavy atom. The summed E-state index contributed by atoms with van der Waals surface area (Å²) in [6, 6.07) is 22.0. The number of hydrogen-bond acceptors (Lipinski definition) is 10. The highest BCUT2D eigenvalue weighted by molar-refractivity contribution is 5.95. The van der Waals surface area contributed by atoms with Crippen molar-refractivity contribution in [3.05, 3.63) is 140 Å². The molecular formula is C30H26N6O14. The van der Waals surface area contributed by atoms with Gasteiger partial charge in [-0.25, -0.2) is 28.8 Å². The van der Waals surface area contributed by atoms with Gasteiger partial charge in [-0.3, -0.25) is 20.2 Å². The standard InChI is InChI=1S/2C8H5NO6.2C7H8N2O/c2*10-7(11)4-1-5(8(12)13)3-6(2-4)9(14)15;2*8-7(10)9-6-4-2-1-3-5-6/h2*1-3H,(H,10,11)(H,12,13);2*1-5H,(H3,8,9,10). The summed E-state index contributed by atoms with van der Waals surface area (Å²) in [4.78, 5) is 81.7. The fourth-order valence-electron chi connectivity index (χ4n) is 3.25. The Morgan fingerprint density at radius 2 is 0.720 bits per heavy atom. The fraction of sp³-hybridized carbons (Fsp3) is 0. The van der Waals surface area contributed by atoms with Crippen LogP contribution in [0.25, 0.3) is 0 Å². The van der Waals surface area contributed by atoms with Gasteiger partial charge in [0.1, 0.15) is 0 Å². The number of hydrogen-bond donors (Lipinski definition) is 8. The van der Waals surface area contributed by atoms with E-state index in [0.717, 1.165) is 47.8 Å². The number of nitrogens with two attached hydrogens (primary N) is 2. The quantitative estimate of drug-likeness (QED) is 0.0939. The van der Waals surface area contributed by atoms with Crippen molar-refractivity contribution in [3.8, 4) is 0 Å². The summed E-state index contributed by atoms with van der Waals surface area (Å²) in [7, 11) is 0. The minimum Gasteiger partial charge on any atom is -0.478 e. The van der Waals surface area contributed by atoms with Gasteiger partial charge in [-0.05, 0) is 36.4 Å². The van der Waals surface area contributed by atoms with Gasteiger partial charge in [0.15, 0.2) is 0 Å². The molecule has 0 saturated carbocycles. The van der Waals surface area contributed by atoms with Gasteiger partial charge in [-0.15, -0.1) is 0 Å². The van der Waals surface area contributed by atoms with E-state index in [1.54, 1.807) is 24.3 Å². The zero-order valence-corrected chi connectivity index (χ0v) is 25.2. The second-order valence-corrected chi connectivity index (χ2v) is 8.98. The Kier molecular flexibility index (Phi) is 15.7. The molecule has 0 aliphatic rings. The van der Waals surface area contributed by atoms with Gasteiger partial charge in [-0.1, -0.05) is 36.4 Å². The van der Waals surface area contributed by atoms with E-state index < -0.39 is 79.4 Å². The van der Waals surface area contributed by atoms with Crippen molar-refractivity contribution in [2.45, 2.75) is 0 Å². The molecule has 0 unspecified atom stereocenters. The number of benzene rings is 4. The van der Waals surface area contributed by atoms with Gasteiger partial charge in [0.25, 0.3) is 11.4 Å². The number of carboxylic acid groups (broad SMARTS) is 4. The molecule has 0 radical (unpaired) electrons. The molecule has 0 atom stereocenters. The monoisotopic (exact) mass is 694 g/mol. The molecule has 0 fully saturated rings. The molecule has 0 spiro atoms. The Balaban J connectivity index is 0.000000339. The van der Waals surface area contributed by atoms with Gasteiger partial charge in [-0.2, -0.15) is 0 Å². The molecule has 20 heteroatoms. The van der Waals surface area contributed by atoms with Crippen LogP contribution in [0, 0.1) is 20.2 Å². The highest BCUT2D eigenvalue weighted by Gasteiger charge is 2.17. The predicted molar refractivity (Wildman–Crippen MR) is 173 cm³/mol. The number of carbonyl (C=O) groups excluding carboxylic acids is 2. The molecule has 4 aromatic rings. The van der Waals surface area contributed by atoms with Gasteiger partial charge in [0.05, 0.1) is 32.1 Å². The first-order valence-corrected chi connectivity index (χ1v) is 13.2. The largest absolute Gasteiger partial charge is 0.478 e. The molecule has 0 aliphatic heterocycles. The van der Waals surface area contributed by atoms with Crippen LogP contribution < -0.4 is 22.1 Å². The maximum absolute atomic E-state index is 10.5. The number of primary amides is 2. The van der Waals surface area contributed by atoms with Crippen LogP contribution >= 0.6 is 0 Å². The lowest BCUT2D eigenvalue weighted by Gasteiger charge is -1.98. The van der Waals surface area contributed by atoms with Crippen LogP contribution in [0.5, 0.6) is 0 Å². The smallest absolute Gasteiger partial charge is 0.335 e. The Hall–Kier alpha value is -7.90. The SMILES string of the molecule is NC(=O)Nc1ccccc1.NC(=O)Nc1ccccc1.O=C(O)c1cc(C(=O)O)cc([N+](=O)[O-])c1.O=C(O)c1cc(C(=O)O)cc([N+](=O)[O-])c1. The number of aromatic carboxylic acids is 4. The van der Waals surface area contributed by atoms with E-state index >= 15 is 0 Å². The second-order valence-electron chi connectivity index (χ2n) is 8.98. The predicted octanol–water partition coefficient (Wildman–Crippen LogP) is 4.34. The third kappa shape index (κ3) is 14.9. The normalized spacial score (nSPS) is 9.28. The van der Waals surface area contributed by atoms with Crippen molar-refractivity contribution in [2.75, 3.05) is 10.6 Å². The topological polar surface area (TPSA) is 346 Å². The van der Waals surface area contributed by atoms with E-state index in [4.69, 9.17) is 31.9 Å². The first kappa shape index (κ1) is 40.1. The number of nitrogens with one attached hydrogen (secondary N) is 2. The van der Waals surface area contributed by atoms with Gasteiger partial charge < -0.3 is 42.5 Å². The van der Waals surface area contributed by atoms with Crippen LogP contribution in [0.3, 0.4) is 0 Å². The van der Waals surface area contributed by atoms with Crippen LogP contribution in [0.2, 0.25) is 0 Å². The number of carboxylic acids is 4. The molecule has 260 valence electrons. The van der Waals surface area contributed by atoms with Crippen molar-refractivity contribution in [1.82, 2.24) is 0 Å². The molecule has 0 bridgehead atoms. The van der Waals surface area contributed by atoms with E-state index in [9.17, 15) is 49.0 Å². The summed E-state index contributed by atoms with van der Waals surface area (Å²) in [5.74, 6) is -5.66. The van der Waals surface area contributed by atoms with Gasteiger partial charge in [0, 0.05) is 35.6 Å². The lowest BCUT2D eigenvalue weighted by molar-refractivity contribution is -0.385. The maximum Gasteiger partial charge on any atom is 0.335 e. The number of carbonyl (C=O) groups is 6. The van der Waals surface area contributed by atoms with E-state index in [2.05, 4.69) is 10.6 Å². The Morgan fingerprint density at radius 3 is 0.900 bits per heavy atom. The summed E-state index contributed by atoms with van der Waals surface area (Å²) in [5.41, 5.74) is 8.34. The lowest BCUT2D eigenvalue weighted by atomic mass is 10.1. The van der Waals surface area contributed by atoms with Gasteiger partial charge >= 0.3 is 35.9 Å². The number of rotatable bonds is 8. The summed E-state index contributed by atoms with van der Waals surface area (Å²) in [6.07, 6.45) is 0. The minimum absolute atomic E-state index is 0.429. The van der Waals surface area contributed by atoms with Crippen molar-refractivity contribution >= 4 is 58.7 Å². The van der Waals surface area contributed by atoms with E-state index in [1.807, 2.05) is 36.4 Å². The van der Waals surface area contributed by atoms with Crippen LogP contribution in [-0.4, -0.2) is 66.2 Å². The fourth-order valence-corrected chi connectivity index (χ4v) is 3.25. The maximum atomic E-state index is 10.5. The van der Waals surface area contributed by atoms with Crippen LogP contribution in [0.1, 0.15) is 41.4 Å². The summed E-state index contributed by atoms with van der Waals surface area (Å²) >= 11 is 0. The first-order valence-electron chi connectivity index (χ1n) is 13.2. The second kappa shape index (κ2) is 19.6. The minimum atomic E-state index is -1.42. The van der Waals surface area contributed by atoms with Crippen LogP contribution in [0.15, 0.2) is 97.1 Å². The average Bonchev–Trinajstić information content (AvgIpc) is 3.05. The third-order valence-corrected chi connectivity index (χ3v) is 5.33. The number of non-ortho nitro benzene ring substituents is 2. The number of nitro groups is 2. The Labute approximate surface area is 279 Å². The molecule has 10 N–H and O–H groups in total. The van der Waals surface area contributed by atoms with Crippen LogP contribution in [0.4, 0.5) is 32.3 Å². The first-order chi connectivity index (χ1) is 23.4. The van der Waals surface area contributed by atoms with Crippen molar-refractivity contribution in [3.63, 3.8) is 0 Å². The number of nitrogens with zero attached hydrogens (tertiary/aromatic N) is 2. The molecule has 0 saturated heterocycles. The highest BCUT2D eigenvalue weighted by Crippen LogP contribution is 2.18. The van der Waals surface area contributed by atoms with Crippen LogP contribution in [-0.2, 0) is 0 Å². The summed E-state index contributed by atoms with van der Waals surface area (Å²) in [5, 5.41) is 60.0. The molecule has 20 nitrogen and oxygen atoms in total. The van der Waals surface area contributed by atoms with E-state index in [1.165, 1.54) is 0 Å². The van der Waals surface area contributed by atoms with E-state index in [0.29, 0.717) is 0 Å². The molecule has 4 rings (SSSR count). The van der Waals surface area contributed by atoms with Gasteiger partial charge in [0.2, 0.25) is 0 Å². The number of para-hydroxylation sites is 2. The summed E-state index contributed by atoms with van der Waals surface area (Å²) < 4.78 is 0. The number of urea groups is 2. The highest BCUT2D eigenvalue weighted by atomic mass is 16.6. The number of amides is 4. The number of anilines is 2. The summed E-state index contributed by atoms with van der Waals surface area (Å²) in [6.45, 7) is 0. The number of nitro benzene ring substituents is 2. The molecular weight excluding hydrogens is 668 g/mol.